The predicted octanol–water partition coefficient (Wildman–Crippen LogP) is 6.03. The van der Waals surface area contributed by atoms with Gasteiger partial charge in [-0.15, -0.1) is 0 Å². The molecule has 1 aliphatic rings. The van der Waals surface area contributed by atoms with Crippen molar-refractivity contribution < 1.29 is 14.4 Å². The number of nitrogens with zero attached hydrogens (tertiary/aromatic N) is 2. The number of imide groups is 1. The van der Waals surface area contributed by atoms with Gasteiger partial charge in [-0.05, 0) is 49.6 Å². The van der Waals surface area contributed by atoms with Gasteiger partial charge in [0.25, 0.3) is 11.8 Å². The van der Waals surface area contributed by atoms with Crippen LogP contribution in [0.4, 0.5) is 5.69 Å². The minimum Gasteiger partial charge on any atom is -0.293 e. The first-order chi connectivity index (χ1) is 15.4. The molecule has 0 saturated heterocycles. The Morgan fingerprint density at radius 3 is 2.06 bits per heavy atom. The molecule has 0 atom stereocenters. The molecule has 0 radical (unpaired) electrons. The standard InChI is InChI=1S/C27H34N2O3/c1-4-5-6-7-8-9-10-15-25(30)28(24-18-20(2)16-17-21(24)3)19-29-26(31)22-13-11-12-14-23(22)27(29)32/h11-14,16-18H,4-10,15,19H2,1-3H3. The number of carbonyl (C=O) groups excluding carboxylic acids is 3. The van der Waals surface area contributed by atoms with Crippen LogP contribution in [0.3, 0.4) is 0 Å². The number of benzene rings is 2. The average Bonchev–Trinajstić information content (AvgIpc) is 3.03. The van der Waals surface area contributed by atoms with E-state index in [0.717, 1.165) is 36.1 Å². The third kappa shape index (κ3) is 5.45. The summed E-state index contributed by atoms with van der Waals surface area (Å²) in [5, 5.41) is 0. The molecule has 5 heteroatoms. The van der Waals surface area contributed by atoms with E-state index in [2.05, 4.69) is 6.92 Å². The van der Waals surface area contributed by atoms with Crippen molar-refractivity contribution in [2.75, 3.05) is 11.6 Å². The molecule has 2 aromatic rings. The number of hydrogen-bond donors (Lipinski definition) is 0. The van der Waals surface area contributed by atoms with Gasteiger partial charge in [0.05, 0.1) is 11.1 Å². The largest absolute Gasteiger partial charge is 0.293 e. The highest BCUT2D eigenvalue weighted by atomic mass is 16.2. The average molecular weight is 435 g/mol. The molecule has 0 aliphatic carbocycles. The van der Waals surface area contributed by atoms with Gasteiger partial charge >= 0.3 is 0 Å². The maximum absolute atomic E-state index is 13.3. The molecule has 32 heavy (non-hydrogen) atoms. The molecule has 0 unspecified atom stereocenters. The number of unbranched alkanes of at least 4 members (excludes halogenated alkanes) is 6. The number of amides is 3. The SMILES string of the molecule is CCCCCCCCCC(=O)N(CN1C(=O)c2ccccc2C1=O)c1cc(C)ccc1C. The monoisotopic (exact) mass is 434 g/mol. The van der Waals surface area contributed by atoms with E-state index in [4.69, 9.17) is 0 Å². The number of hydrogen-bond acceptors (Lipinski definition) is 3. The molecule has 170 valence electrons. The van der Waals surface area contributed by atoms with E-state index in [-0.39, 0.29) is 24.4 Å². The van der Waals surface area contributed by atoms with Crippen molar-refractivity contribution in [1.29, 1.82) is 0 Å². The van der Waals surface area contributed by atoms with Gasteiger partial charge in [-0.2, -0.15) is 0 Å². The molecule has 0 fully saturated rings. The minimum absolute atomic E-state index is 0.0520. The van der Waals surface area contributed by atoms with E-state index in [1.165, 1.54) is 30.6 Å². The van der Waals surface area contributed by atoms with Gasteiger partial charge in [-0.1, -0.05) is 69.7 Å². The first-order valence-corrected chi connectivity index (χ1v) is 11.8. The lowest BCUT2D eigenvalue weighted by molar-refractivity contribution is -0.119. The molecule has 0 bridgehead atoms. The Morgan fingerprint density at radius 1 is 0.844 bits per heavy atom. The summed E-state index contributed by atoms with van der Waals surface area (Å²) in [6.07, 6.45) is 8.31. The molecule has 1 heterocycles. The van der Waals surface area contributed by atoms with Gasteiger partial charge in [-0.3, -0.25) is 24.2 Å². The van der Waals surface area contributed by atoms with E-state index in [9.17, 15) is 14.4 Å². The summed E-state index contributed by atoms with van der Waals surface area (Å²) in [5.74, 6) is -0.738. The maximum Gasteiger partial charge on any atom is 0.263 e. The zero-order valence-electron chi connectivity index (χ0n) is 19.5. The quantitative estimate of drug-likeness (QED) is 0.320. The Labute approximate surface area is 191 Å². The van der Waals surface area contributed by atoms with E-state index in [0.29, 0.717) is 17.5 Å². The molecule has 0 saturated carbocycles. The van der Waals surface area contributed by atoms with Gasteiger partial charge in [0.15, 0.2) is 0 Å². The molecule has 0 spiro atoms. The second kappa shape index (κ2) is 11.1. The summed E-state index contributed by atoms with van der Waals surface area (Å²) in [5.41, 5.74) is 3.53. The van der Waals surface area contributed by atoms with Crippen LogP contribution in [0.15, 0.2) is 42.5 Å². The molecule has 3 amide bonds. The topological polar surface area (TPSA) is 57.7 Å². The fourth-order valence-corrected chi connectivity index (χ4v) is 4.18. The first kappa shape index (κ1) is 23.7. The Balaban J connectivity index is 1.74. The molecule has 2 aromatic carbocycles. The van der Waals surface area contributed by atoms with E-state index in [1.54, 1.807) is 29.2 Å². The molecule has 0 aromatic heterocycles. The minimum atomic E-state index is -0.343. The third-order valence-electron chi connectivity index (χ3n) is 6.11. The lowest BCUT2D eigenvalue weighted by Gasteiger charge is -2.28. The zero-order valence-corrected chi connectivity index (χ0v) is 19.5. The lowest BCUT2D eigenvalue weighted by atomic mass is 10.1. The molecule has 3 rings (SSSR count). The Morgan fingerprint density at radius 2 is 1.44 bits per heavy atom. The summed E-state index contributed by atoms with van der Waals surface area (Å²) >= 11 is 0. The van der Waals surface area contributed by atoms with Crippen LogP contribution in [0, 0.1) is 13.8 Å². The summed E-state index contributed by atoms with van der Waals surface area (Å²) in [6, 6.07) is 12.8. The molecule has 1 aliphatic heterocycles. The smallest absolute Gasteiger partial charge is 0.263 e. The van der Waals surface area contributed by atoms with Crippen molar-refractivity contribution in [2.45, 2.75) is 72.1 Å². The van der Waals surface area contributed by atoms with Crippen LogP contribution in [0.25, 0.3) is 0 Å². The second-order valence-corrected chi connectivity index (χ2v) is 8.71. The first-order valence-electron chi connectivity index (χ1n) is 11.8. The molecular weight excluding hydrogens is 400 g/mol. The lowest BCUT2D eigenvalue weighted by Crippen LogP contribution is -2.44. The summed E-state index contributed by atoms with van der Waals surface area (Å²) in [7, 11) is 0. The van der Waals surface area contributed by atoms with Crippen LogP contribution in [-0.4, -0.2) is 29.3 Å². The number of aryl methyl sites for hydroxylation is 2. The van der Waals surface area contributed by atoms with Gasteiger partial charge in [0, 0.05) is 12.1 Å². The summed E-state index contributed by atoms with van der Waals surface area (Å²) in [6.45, 7) is 6.07. The zero-order chi connectivity index (χ0) is 23.1. The fraction of sp³-hybridized carbons (Fsp3) is 0.444. The predicted molar refractivity (Wildman–Crippen MR) is 128 cm³/mol. The molecular formula is C27H34N2O3. The van der Waals surface area contributed by atoms with E-state index in [1.807, 2.05) is 32.0 Å². The van der Waals surface area contributed by atoms with Crippen LogP contribution in [0.5, 0.6) is 0 Å². The highest BCUT2D eigenvalue weighted by Gasteiger charge is 2.37. The van der Waals surface area contributed by atoms with E-state index < -0.39 is 0 Å². The van der Waals surface area contributed by atoms with Crippen molar-refractivity contribution in [3.63, 3.8) is 0 Å². The van der Waals surface area contributed by atoms with E-state index >= 15 is 0 Å². The van der Waals surface area contributed by atoms with Gasteiger partial charge in [-0.25, -0.2) is 0 Å². The third-order valence-corrected chi connectivity index (χ3v) is 6.11. The Kier molecular flexibility index (Phi) is 8.20. The van der Waals surface area contributed by atoms with Crippen molar-refractivity contribution in [1.82, 2.24) is 4.90 Å². The van der Waals surface area contributed by atoms with Crippen molar-refractivity contribution >= 4 is 23.4 Å². The van der Waals surface area contributed by atoms with Crippen LogP contribution in [0.2, 0.25) is 0 Å². The van der Waals surface area contributed by atoms with Crippen LogP contribution in [0.1, 0.15) is 90.1 Å². The van der Waals surface area contributed by atoms with Gasteiger partial charge in [0.2, 0.25) is 5.91 Å². The summed E-state index contributed by atoms with van der Waals surface area (Å²) in [4.78, 5) is 41.9. The second-order valence-electron chi connectivity index (χ2n) is 8.71. The number of anilines is 1. The van der Waals surface area contributed by atoms with Crippen LogP contribution in [-0.2, 0) is 4.79 Å². The summed E-state index contributed by atoms with van der Waals surface area (Å²) < 4.78 is 0. The number of rotatable bonds is 11. The van der Waals surface area contributed by atoms with Crippen LogP contribution < -0.4 is 4.90 Å². The van der Waals surface area contributed by atoms with Crippen molar-refractivity contribution in [3.8, 4) is 0 Å². The fourth-order valence-electron chi connectivity index (χ4n) is 4.18. The van der Waals surface area contributed by atoms with Crippen molar-refractivity contribution in [2.24, 2.45) is 0 Å². The number of fused-ring (bicyclic) bond motifs is 1. The number of carbonyl (C=O) groups is 3. The normalized spacial score (nSPS) is 12.9. The maximum atomic E-state index is 13.3. The highest BCUT2D eigenvalue weighted by Crippen LogP contribution is 2.27. The van der Waals surface area contributed by atoms with Gasteiger partial charge < -0.3 is 0 Å². The Bertz CT molecular complexity index is 948. The molecule has 0 N–H and O–H groups in total. The van der Waals surface area contributed by atoms with Gasteiger partial charge in [0.1, 0.15) is 6.67 Å². The van der Waals surface area contributed by atoms with Crippen molar-refractivity contribution in [3.05, 3.63) is 64.7 Å². The van der Waals surface area contributed by atoms with Crippen LogP contribution >= 0.6 is 0 Å². The molecule has 5 nitrogen and oxygen atoms in total. The Hall–Kier alpha value is -2.95. The highest BCUT2D eigenvalue weighted by molar-refractivity contribution is 6.21.